The van der Waals surface area contributed by atoms with Crippen LogP contribution in [-0.4, -0.2) is 21.3 Å². The Labute approximate surface area is 130 Å². The van der Waals surface area contributed by atoms with Crippen molar-refractivity contribution in [3.8, 4) is 0 Å². The van der Waals surface area contributed by atoms with Gasteiger partial charge in [-0.3, -0.25) is 0 Å². The number of aromatic nitrogens is 2. The van der Waals surface area contributed by atoms with E-state index in [0.717, 1.165) is 18.7 Å². The van der Waals surface area contributed by atoms with Gasteiger partial charge in [-0.1, -0.05) is 29.8 Å². The maximum atomic E-state index is 6.27. The van der Waals surface area contributed by atoms with Crippen LogP contribution in [0.4, 0.5) is 0 Å². The molecule has 2 rings (SSSR count). The first-order valence-corrected chi connectivity index (χ1v) is 7.83. The first-order valence-electron chi connectivity index (χ1n) is 6.76. The molecule has 0 atom stereocenters. The van der Waals surface area contributed by atoms with E-state index >= 15 is 0 Å². The standard InChI is InChI=1S/C16H20Cl2N2/c1-13-3-5-14(6-4-13)16(11-17,12-18)8-7-15-19-9-10-20(15)2/h3-6,9-10H,7-8,11-12H2,1-2H3. The molecule has 20 heavy (non-hydrogen) atoms. The Morgan fingerprint density at radius 3 is 2.30 bits per heavy atom. The fraction of sp³-hybridized carbons (Fsp3) is 0.438. The molecular weight excluding hydrogens is 291 g/mol. The first kappa shape index (κ1) is 15.4. The fourth-order valence-electron chi connectivity index (χ4n) is 2.36. The molecule has 0 saturated heterocycles. The summed E-state index contributed by atoms with van der Waals surface area (Å²) >= 11 is 12.5. The maximum absolute atomic E-state index is 6.27. The normalized spacial score (nSPS) is 11.8. The predicted octanol–water partition coefficient (Wildman–Crippen LogP) is 4.08. The van der Waals surface area contributed by atoms with Crippen LogP contribution in [0.15, 0.2) is 36.7 Å². The SMILES string of the molecule is Cc1ccc(C(CCl)(CCl)CCc2nccn2C)cc1. The van der Waals surface area contributed by atoms with Crippen molar-refractivity contribution in [1.29, 1.82) is 0 Å². The lowest BCUT2D eigenvalue weighted by molar-refractivity contribution is 0.482. The summed E-state index contributed by atoms with van der Waals surface area (Å²) in [7, 11) is 2.01. The van der Waals surface area contributed by atoms with Crippen LogP contribution in [0.3, 0.4) is 0 Å². The molecule has 0 amide bonds. The number of hydrogen-bond acceptors (Lipinski definition) is 1. The Morgan fingerprint density at radius 2 is 1.80 bits per heavy atom. The van der Waals surface area contributed by atoms with Gasteiger partial charge in [0.1, 0.15) is 5.82 Å². The molecule has 0 radical (unpaired) electrons. The summed E-state index contributed by atoms with van der Waals surface area (Å²) < 4.78 is 2.04. The summed E-state index contributed by atoms with van der Waals surface area (Å²) in [4.78, 5) is 4.37. The molecule has 2 aromatic rings. The molecule has 2 nitrogen and oxygen atoms in total. The largest absolute Gasteiger partial charge is 0.338 e. The van der Waals surface area contributed by atoms with Gasteiger partial charge >= 0.3 is 0 Å². The van der Waals surface area contributed by atoms with Gasteiger partial charge in [0.25, 0.3) is 0 Å². The molecule has 0 aliphatic carbocycles. The van der Waals surface area contributed by atoms with E-state index in [-0.39, 0.29) is 5.41 Å². The van der Waals surface area contributed by atoms with Gasteiger partial charge in [0.2, 0.25) is 0 Å². The Kier molecular flexibility index (Phi) is 5.11. The predicted molar refractivity (Wildman–Crippen MR) is 85.8 cm³/mol. The van der Waals surface area contributed by atoms with E-state index in [1.165, 1.54) is 11.1 Å². The lowest BCUT2D eigenvalue weighted by Gasteiger charge is -2.30. The van der Waals surface area contributed by atoms with Gasteiger partial charge in [-0.05, 0) is 18.9 Å². The minimum Gasteiger partial charge on any atom is -0.338 e. The van der Waals surface area contributed by atoms with Crippen molar-refractivity contribution in [3.05, 3.63) is 53.6 Å². The zero-order valence-corrected chi connectivity index (χ0v) is 13.5. The lowest BCUT2D eigenvalue weighted by Crippen LogP contribution is -2.31. The van der Waals surface area contributed by atoms with Crippen LogP contribution < -0.4 is 0 Å². The summed E-state index contributed by atoms with van der Waals surface area (Å²) in [5.74, 6) is 2.10. The van der Waals surface area contributed by atoms with Gasteiger partial charge in [-0.15, -0.1) is 23.2 Å². The van der Waals surface area contributed by atoms with Gasteiger partial charge in [-0.25, -0.2) is 4.98 Å². The molecule has 0 fully saturated rings. The van der Waals surface area contributed by atoms with Gasteiger partial charge in [0.05, 0.1) is 0 Å². The zero-order valence-electron chi connectivity index (χ0n) is 11.9. The van der Waals surface area contributed by atoms with Gasteiger partial charge < -0.3 is 4.57 Å². The van der Waals surface area contributed by atoms with Crippen molar-refractivity contribution in [3.63, 3.8) is 0 Å². The lowest BCUT2D eigenvalue weighted by atomic mass is 9.79. The highest BCUT2D eigenvalue weighted by atomic mass is 35.5. The van der Waals surface area contributed by atoms with Crippen LogP contribution in [0.2, 0.25) is 0 Å². The molecule has 1 aromatic heterocycles. The first-order chi connectivity index (χ1) is 9.61. The minimum absolute atomic E-state index is 0.192. The van der Waals surface area contributed by atoms with Crippen molar-refractivity contribution >= 4 is 23.2 Å². The average Bonchev–Trinajstić information content (AvgIpc) is 2.88. The number of alkyl halides is 2. The quantitative estimate of drug-likeness (QED) is 0.735. The second-order valence-electron chi connectivity index (χ2n) is 5.37. The van der Waals surface area contributed by atoms with E-state index in [0.29, 0.717) is 11.8 Å². The molecule has 0 unspecified atom stereocenters. The topological polar surface area (TPSA) is 17.8 Å². The van der Waals surface area contributed by atoms with Crippen LogP contribution in [-0.2, 0) is 18.9 Å². The van der Waals surface area contributed by atoms with Gasteiger partial charge in [0.15, 0.2) is 0 Å². The minimum atomic E-state index is -0.192. The van der Waals surface area contributed by atoms with Crippen molar-refractivity contribution in [2.24, 2.45) is 7.05 Å². The Bertz CT molecular complexity index is 542. The molecule has 0 N–H and O–H groups in total. The van der Waals surface area contributed by atoms with E-state index in [1.807, 2.05) is 24.0 Å². The van der Waals surface area contributed by atoms with E-state index in [1.54, 1.807) is 0 Å². The van der Waals surface area contributed by atoms with Crippen LogP contribution >= 0.6 is 23.2 Å². The van der Waals surface area contributed by atoms with Crippen LogP contribution in [0.1, 0.15) is 23.4 Å². The van der Waals surface area contributed by atoms with Crippen molar-refractivity contribution in [2.75, 3.05) is 11.8 Å². The highest BCUT2D eigenvalue weighted by Gasteiger charge is 2.30. The summed E-state index contributed by atoms with van der Waals surface area (Å²) in [5.41, 5.74) is 2.26. The summed E-state index contributed by atoms with van der Waals surface area (Å²) in [6.45, 7) is 2.08. The fourth-order valence-corrected chi connectivity index (χ4v) is 3.23. The van der Waals surface area contributed by atoms with E-state index in [2.05, 4.69) is 36.2 Å². The van der Waals surface area contributed by atoms with E-state index < -0.39 is 0 Å². The van der Waals surface area contributed by atoms with Crippen molar-refractivity contribution in [2.45, 2.75) is 25.2 Å². The number of benzene rings is 1. The Balaban J connectivity index is 2.21. The molecule has 0 bridgehead atoms. The Morgan fingerprint density at radius 1 is 1.15 bits per heavy atom. The third-order valence-corrected chi connectivity index (χ3v) is 4.95. The number of imidazole rings is 1. The second-order valence-corrected chi connectivity index (χ2v) is 5.90. The maximum Gasteiger partial charge on any atom is 0.108 e. The molecule has 0 aliphatic heterocycles. The highest BCUT2D eigenvalue weighted by Crippen LogP contribution is 2.32. The zero-order chi connectivity index (χ0) is 14.6. The summed E-state index contributed by atoms with van der Waals surface area (Å²) in [5, 5.41) is 0. The average molecular weight is 311 g/mol. The van der Waals surface area contributed by atoms with Crippen molar-refractivity contribution < 1.29 is 0 Å². The molecule has 0 aliphatic rings. The number of rotatable bonds is 6. The van der Waals surface area contributed by atoms with Gasteiger partial charge in [0, 0.05) is 43.0 Å². The molecule has 0 spiro atoms. The third-order valence-electron chi connectivity index (χ3n) is 3.92. The number of aryl methyl sites for hydroxylation is 3. The molecule has 108 valence electrons. The molecule has 1 heterocycles. The third kappa shape index (κ3) is 3.18. The molecule has 1 aromatic carbocycles. The Hall–Kier alpha value is -0.990. The van der Waals surface area contributed by atoms with Crippen LogP contribution in [0.5, 0.6) is 0 Å². The van der Waals surface area contributed by atoms with Crippen LogP contribution in [0, 0.1) is 6.92 Å². The highest BCUT2D eigenvalue weighted by molar-refractivity contribution is 6.22. The number of nitrogens with zero attached hydrogens (tertiary/aromatic N) is 2. The van der Waals surface area contributed by atoms with E-state index in [9.17, 15) is 0 Å². The smallest absolute Gasteiger partial charge is 0.108 e. The molecule has 4 heteroatoms. The van der Waals surface area contributed by atoms with Crippen LogP contribution in [0.25, 0.3) is 0 Å². The number of hydrogen-bond donors (Lipinski definition) is 0. The summed E-state index contributed by atoms with van der Waals surface area (Å²) in [6, 6.07) is 8.50. The van der Waals surface area contributed by atoms with E-state index in [4.69, 9.17) is 23.2 Å². The summed E-state index contributed by atoms with van der Waals surface area (Å²) in [6.07, 6.45) is 5.55. The monoisotopic (exact) mass is 310 g/mol. The molecule has 0 saturated carbocycles. The second kappa shape index (κ2) is 6.64. The number of halogens is 2. The van der Waals surface area contributed by atoms with Crippen molar-refractivity contribution in [1.82, 2.24) is 9.55 Å². The molecular formula is C16H20Cl2N2. The van der Waals surface area contributed by atoms with Gasteiger partial charge in [-0.2, -0.15) is 0 Å².